The second kappa shape index (κ2) is 6.66. The highest BCUT2D eigenvalue weighted by Crippen LogP contribution is 2.14. The number of piperidine rings is 1. The first kappa shape index (κ1) is 14.0. The van der Waals surface area contributed by atoms with Gasteiger partial charge in [0.2, 0.25) is 5.91 Å². The van der Waals surface area contributed by atoms with Crippen LogP contribution in [0.15, 0.2) is 24.5 Å². The van der Waals surface area contributed by atoms with Gasteiger partial charge in [0.1, 0.15) is 0 Å². The topological polar surface area (TPSA) is 45.2 Å². The molecule has 1 fully saturated rings. The van der Waals surface area contributed by atoms with Crippen molar-refractivity contribution < 1.29 is 4.79 Å². The van der Waals surface area contributed by atoms with Crippen LogP contribution in [0.5, 0.6) is 0 Å². The zero-order chi connectivity index (χ0) is 13.7. The van der Waals surface area contributed by atoms with Crippen LogP contribution >= 0.6 is 0 Å². The summed E-state index contributed by atoms with van der Waals surface area (Å²) in [7, 11) is 0. The van der Waals surface area contributed by atoms with Crippen molar-refractivity contribution in [3.05, 3.63) is 30.1 Å². The van der Waals surface area contributed by atoms with Crippen LogP contribution in [0.1, 0.15) is 38.7 Å². The van der Waals surface area contributed by atoms with Gasteiger partial charge in [-0.25, -0.2) is 0 Å². The fourth-order valence-electron chi connectivity index (χ4n) is 2.47. The highest BCUT2D eigenvalue weighted by Gasteiger charge is 2.27. The number of pyridine rings is 1. The minimum Gasteiger partial charge on any atom is -0.335 e. The number of carbonyl (C=O) groups is 1. The van der Waals surface area contributed by atoms with E-state index in [4.69, 9.17) is 0 Å². The third kappa shape index (κ3) is 3.77. The molecule has 0 saturated carbocycles. The van der Waals surface area contributed by atoms with Gasteiger partial charge in [-0.05, 0) is 44.9 Å². The first-order chi connectivity index (χ1) is 9.18. The zero-order valence-corrected chi connectivity index (χ0v) is 11.8. The Hall–Kier alpha value is -1.42. The molecule has 1 unspecified atom stereocenters. The summed E-state index contributed by atoms with van der Waals surface area (Å²) in [5.41, 5.74) is 1.08. The van der Waals surface area contributed by atoms with Gasteiger partial charge in [-0.15, -0.1) is 0 Å². The predicted molar refractivity (Wildman–Crippen MR) is 75.6 cm³/mol. The van der Waals surface area contributed by atoms with Crippen LogP contribution < -0.4 is 5.32 Å². The molecule has 1 atom stereocenters. The molecule has 104 valence electrons. The number of carbonyl (C=O) groups excluding carboxylic acids is 1. The van der Waals surface area contributed by atoms with Crippen molar-refractivity contribution >= 4 is 5.91 Å². The van der Waals surface area contributed by atoms with Crippen molar-refractivity contribution in [1.29, 1.82) is 0 Å². The van der Waals surface area contributed by atoms with Gasteiger partial charge in [-0.1, -0.05) is 12.5 Å². The Balaban J connectivity index is 2.04. The molecular formula is C15H23N3O. The molecule has 0 spiro atoms. The molecule has 2 heterocycles. The quantitative estimate of drug-likeness (QED) is 0.901. The number of nitrogens with one attached hydrogen (secondary N) is 1. The van der Waals surface area contributed by atoms with Crippen molar-refractivity contribution in [2.45, 2.75) is 51.7 Å². The van der Waals surface area contributed by atoms with Crippen LogP contribution in [-0.4, -0.2) is 34.4 Å². The third-order valence-corrected chi connectivity index (χ3v) is 3.59. The first-order valence-electron chi connectivity index (χ1n) is 7.11. The molecule has 0 bridgehead atoms. The molecule has 2 rings (SSSR count). The molecule has 0 aromatic carbocycles. The van der Waals surface area contributed by atoms with E-state index in [1.807, 2.05) is 23.2 Å². The van der Waals surface area contributed by atoms with E-state index in [1.165, 1.54) is 6.42 Å². The molecule has 1 aliphatic rings. The standard InChI is InChI=1S/C15H23N3O/c1-12(2)18(11-13-6-5-8-16-10-13)15(19)14-7-3-4-9-17-14/h5-6,8,10,12,14,17H,3-4,7,9,11H2,1-2H3. The van der Waals surface area contributed by atoms with Crippen LogP contribution in [0, 0.1) is 0 Å². The average Bonchev–Trinajstić information content (AvgIpc) is 2.46. The van der Waals surface area contributed by atoms with Crippen molar-refractivity contribution in [1.82, 2.24) is 15.2 Å². The Bertz CT molecular complexity index is 399. The lowest BCUT2D eigenvalue weighted by molar-refractivity contribution is -0.136. The number of rotatable bonds is 4. The van der Waals surface area contributed by atoms with Crippen molar-refractivity contribution in [2.75, 3.05) is 6.54 Å². The number of hydrogen-bond acceptors (Lipinski definition) is 3. The van der Waals surface area contributed by atoms with E-state index >= 15 is 0 Å². The van der Waals surface area contributed by atoms with Gasteiger partial charge < -0.3 is 10.2 Å². The van der Waals surface area contributed by atoms with Gasteiger partial charge in [-0.2, -0.15) is 0 Å². The van der Waals surface area contributed by atoms with Gasteiger partial charge in [-0.3, -0.25) is 9.78 Å². The maximum Gasteiger partial charge on any atom is 0.240 e. The molecular weight excluding hydrogens is 238 g/mol. The minimum absolute atomic E-state index is 0.00665. The molecule has 1 aromatic heterocycles. The largest absolute Gasteiger partial charge is 0.335 e. The Morgan fingerprint density at radius 3 is 2.95 bits per heavy atom. The predicted octanol–water partition coefficient (Wildman–Crippen LogP) is 1.96. The van der Waals surface area contributed by atoms with Gasteiger partial charge in [0.25, 0.3) is 0 Å². The molecule has 0 radical (unpaired) electrons. The van der Waals surface area contributed by atoms with E-state index in [0.29, 0.717) is 6.54 Å². The SMILES string of the molecule is CC(C)N(Cc1cccnc1)C(=O)C1CCCCN1. The van der Waals surface area contributed by atoms with Crippen molar-refractivity contribution in [2.24, 2.45) is 0 Å². The van der Waals surface area contributed by atoms with Crippen LogP contribution in [0.3, 0.4) is 0 Å². The smallest absolute Gasteiger partial charge is 0.240 e. The number of amides is 1. The summed E-state index contributed by atoms with van der Waals surface area (Å²) in [5, 5.41) is 3.33. The fraction of sp³-hybridized carbons (Fsp3) is 0.600. The molecule has 0 aliphatic carbocycles. The van der Waals surface area contributed by atoms with E-state index in [2.05, 4.69) is 24.1 Å². The lowest BCUT2D eigenvalue weighted by Gasteiger charge is -2.32. The molecule has 1 saturated heterocycles. The molecule has 4 nitrogen and oxygen atoms in total. The van der Waals surface area contributed by atoms with E-state index in [-0.39, 0.29) is 18.0 Å². The van der Waals surface area contributed by atoms with Gasteiger partial charge >= 0.3 is 0 Å². The summed E-state index contributed by atoms with van der Waals surface area (Å²) in [4.78, 5) is 18.6. The lowest BCUT2D eigenvalue weighted by atomic mass is 10.0. The van der Waals surface area contributed by atoms with E-state index in [9.17, 15) is 4.79 Å². The van der Waals surface area contributed by atoms with Crippen LogP contribution in [0.4, 0.5) is 0 Å². The summed E-state index contributed by atoms with van der Waals surface area (Å²) in [5.74, 6) is 0.221. The Morgan fingerprint density at radius 1 is 1.53 bits per heavy atom. The van der Waals surface area contributed by atoms with Gasteiger partial charge in [0.05, 0.1) is 6.04 Å². The van der Waals surface area contributed by atoms with E-state index in [1.54, 1.807) is 6.20 Å². The summed E-state index contributed by atoms with van der Waals surface area (Å²) < 4.78 is 0. The summed E-state index contributed by atoms with van der Waals surface area (Å²) in [6.07, 6.45) is 6.86. The lowest BCUT2D eigenvalue weighted by Crippen LogP contribution is -2.50. The van der Waals surface area contributed by atoms with E-state index < -0.39 is 0 Å². The molecule has 1 amide bonds. The highest BCUT2D eigenvalue weighted by atomic mass is 16.2. The monoisotopic (exact) mass is 261 g/mol. The molecule has 1 N–H and O–H groups in total. The summed E-state index contributed by atoms with van der Waals surface area (Å²) >= 11 is 0. The highest BCUT2D eigenvalue weighted by molar-refractivity contribution is 5.82. The second-order valence-electron chi connectivity index (χ2n) is 5.42. The second-order valence-corrected chi connectivity index (χ2v) is 5.42. The van der Waals surface area contributed by atoms with Crippen molar-refractivity contribution in [3.63, 3.8) is 0 Å². The molecule has 19 heavy (non-hydrogen) atoms. The van der Waals surface area contributed by atoms with Crippen LogP contribution in [0.2, 0.25) is 0 Å². The Morgan fingerprint density at radius 2 is 2.37 bits per heavy atom. The first-order valence-corrected chi connectivity index (χ1v) is 7.11. The van der Waals surface area contributed by atoms with Crippen LogP contribution in [-0.2, 0) is 11.3 Å². The number of hydrogen-bond donors (Lipinski definition) is 1. The van der Waals surface area contributed by atoms with E-state index in [0.717, 1.165) is 24.9 Å². The summed E-state index contributed by atoms with van der Waals surface area (Å²) in [6.45, 7) is 5.73. The fourth-order valence-corrected chi connectivity index (χ4v) is 2.47. The Kier molecular flexibility index (Phi) is 4.91. The van der Waals surface area contributed by atoms with Crippen LogP contribution in [0.25, 0.3) is 0 Å². The summed E-state index contributed by atoms with van der Waals surface area (Å²) in [6, 6.07) is 4.13. The molecule has 1 aliphatic heterocycles. The van der Waals surface area contributed by atoms with Gasteiger partial charge in [0.15, 0.2) is 0 Å². The minimum atomic E-state index is -0.00665. The number of nitrogens with zero attached hydrogens (tertiary/aromatic N) is 2. The van der Waals surface area contributed by atoms with Crippen molar-refractivity contribution in [3.8, 4) is 0 Å². The molecule has 4 heteroatoms. The maximum absolute atomic E-state index is 12.6. The zero-order valence-electron chi connectivity index (χ0n) is 11.8. The van der Waals surface area contributed by atoms with Gasteiger partial charge in [0, 0.05) is 25.0 Å². The molecule has 1 aromatic rings. The average molecular weight is 261 g/mol. The normalized spacial score (nSPS) is 19.4. The maximum atomic E-state index is 12.6. The third-order valence-electron chi connectivity index (χ3n) is 3.59. The number of aromatic nitrogens is 1. The Labute approximate surface area is 115 Å².